The minimum Gasteiger partial charge on any atom is -0.480 e. The summed E-state index contributed by atoms with van der Waals surface area (Å²) < 4.78 is 45.4. The molecule has 23 heavy (non-hydrogen) atoms. The molecule has 0 radical (unpaired) electrons. The van der Waals surface area contributed by atoms with E-state index in [1.807, 2.05) is 0 Å². The molecule has 2 N–H and O–H groups in total. The molecule has 0 heterocycles. The minimum absolute atomic E-state index is 0.0303. The largest absolute Gasteiger partial charge is 0.573 e. The Morgan fingerprint density at radius 1 is 1.30 bits per heavy atom. The third-order valence-electron chi connectivity index (χ3n) is 2.79. The first-order valence-corrected chi connectivity index (χ1v) is 6.57. The van der Waals surface area contributed by atoms with E-state index in [0.717, 1.165) is 6.07 Å². The van der Waals surface area contributed by atoms with E-state index >= 15 is 0 Å². The van der Waals surface area contributed by atoms with E-state index in [1.54, 1.807) is 0 Å². The van der Waals surface area contributed by atoms with Crippen LogP contribution < -0.4 is 10.1 Å². The van der Waals surface area contributed by atoms with Gasteiger partial charge in [-0.05, 0) is 18.1 Å². The van der Waals surface area contributed by atoms with Crippen molar-refractivity contribution in [3.05, 3.63) is 29.8 Å². The number of carbonyl (C=O) groups excluding carboxylic acids is 1. The summed E-state index contributed by atoms with van der Waals surface area (Å²) >= 11 is 0. The highest BCUT2D eigenvalue weighted by atomic mass is 19.4. The maximum Gasteiger partial charge on any atom is 0.573 e. The van der Waals surface area contributed by atoms with Gasteiger partial charge in [-0.25, -0.2) is 4.79 Å². The molecule has 9 heteroatoms. The highest BCUT2D eigenvalue weighted by Gasteiger charge is 2.32. The van der Waals surface area contributed by atoms with Crippen molar-refractivity contribution >= 4 is 11.9 Å². The third kappa shape index (κ3) is 7.00. The van der Waals surface area contributed by atoms with Gasteiger partial charge in [-0.2, -0.15) is 0 Å². The van der Waals surface area contributed by atoms with Crippen molar-refractivity contribution in [3.8, 4) is 5.75 Å². The number of carbonyl (C=O) groups is 2. The fourth-order valence-electron chi connectivity index (χ4n) is 1.79. The molecule has 0 aliphatic heterocycles. The molecule has 0 saturated heterocycles. The lowest BCUT2D eigenvalue weighted by Gasteiger charge is -2.15. The number of carboxylic acid groups (broad SMARTS) is 1. The van der Waals surface area contributed by atoms with Crippen LogP contribution in [0.3, 0.4) is 0 Å². The van der Waals surface area contributed by atoms with Gasteiger partial charge in [0.15, 0.2) is 6.04 Å². The van der Waals surface area contributed by atoms with Crippen molar-refractivity contribution < 1.29 is 37.3 Å². The Morgan fingerprint density at radius 3 is 2.52 bits per heavy atom. The van der Waals surface area contributed by atoms with Gasteiger partial charge in [-0.15, -0.1) is 13.2 Å². The second kappa shape index (κ2) is 8.37. The standard InChI is InChI=1S/C14H16F3NO5/c1-22-8-10(13(20)21)18-12(19)7-6-9-4-2-3-5-11(9)23-14(15,16)17/h2-5,10H,6-8H2,1H3,(H,18,19)(H,20,21). The molecule has 1 rings (SSSR count). The zero-order valence-electron chi connectivity index (χ0n) is 12.2. The maximum absolute atomic E-state index is 12.3. The van der Waals surface area contributed by atoms with E-state index < -0.39 is 24.3 Å². The van der Waals surface area contributed by atoms with Gasteiger partial charge in [0.2, 0.25) is 5.91 Å². The number of aliphatic carboxylic acids is 1. The van der Waals surface area contributed by atoms with Crippen molar-refractivity contribution in [2.75, 3.05) is 13.7 Å². The summed E-state index contributed by atoms with van der Waals surface area (Å²) in [6.45, 7) is -0.213. The minimum atomic E-state index is -4.83. The Morgan fingerprint density at radius 2 is 1.96 bits per heavy atom. The SMILES string of the molecule is COCC(NC(=O)CCc1ccccc1OC(F)(F)F)C(=O)O. The zero-order valence-corrected chi connectivity index (χ0v) is 12.2. The molecule has 6 nitrogen and oxygen atoms in total. The number of benzene rings is 1. The van der Waals surface area contributed by atoms with E-state index in [0.29, 0.717) is 0 Å². The summed E-state index contributed by atoms with van der Waals surface area (Å²) in [5, 5.41) is 11.1. The van der Waals surface area contributed by atoms with Crippen LogP contribution in [0.25, 0.3) is 0 Å². The molecule has 0 aliphatic carbocycles. The molecule has 1 atom stereocenters. The molecule has 1 aromatic carbocycles. The van der Waals surface area contributed by atoms with Crippen LogP contribution in [-0.2, 0) is 20.7 Å². The Hall–Kier alpha value is -2.29. The van der Waals surface area contributed by atoms with Gasteiger partial charge in [0, 0.05) is 13.5 Å². The molecule has 0 aliphatic rings. The van der Waals surface area contributed by atoms with Gasteiger partial charge in [0.05, 0.1) is 6.61 Å². The molecule has 1 aromatic rings. The average molecular weight is 335 g/mol. The normalized spacial score (nSPS) is 12.5. The molecule has 1 amide bonds. The number of ether oxygens (including phenoxy) is 2. The number of hydrogen-bond acceptors (Lipinski definition) is 4. The lowest BCUT2D eigenvalue weighted by molar-refractivity contribution is -0.274. The van der Waals surface area contributed by atoms with Crippen molar-refractivity contribution in [2.24, 2.45) is 0 Å². The summed E-state index contributed by atoms with van der Waals surface area (Å²) in [6, 6.07) is 4.23. The predicted molar refractivity (Wildman–Crippen MR) is 72.9 cm³/mol. The van der Waals surface area contributed by atoms with Crippen molar-refractivity contribution in [1.29, 1.82) is 0 Å². The second-order valence-corrected chi connectivity index (χ2v) is 4.57. The highest BCUT2D eigenvalue weighted by molar-refractivity contribution is 5.83. The number of para-hydroxylation sites is 1. The van der Waals surface area contributed by atoms with Crippen LogP contribution in [0.2, 0.25) is 0 Å². The van der Waals surface area contributed by atoms with E-state index in [9.17, 15) is 22.8 Å². The molecule has 1 unspecified atom stereocenters. The lowest BCUT2D eigenvalue weighted by Crippen LogP contribution is -2.43. The van der Waals surface area contributed by atoms with Gasteiger partial charge >= 0.3 is 12.3 Å². The van der Waals surface area contributed by atoms with Crippen LogP contribution in [0, 0.1) is 0 Å². The molecule has 0 fully saturated rings. The summed E-state index contributed by atoms with van der Waals surface area (Å²) in [6.07, 6.45) is -5.05. The van der Waals surface area contributed by atoms with E-state index in [1.165, 1.54) is 25.3 Å². The number of amides is 1. The van der Waals surface area contributed by atoms with Crippen LogP contribution in [0.4, 0.5) is 13.2 Å². The van der Waals surface area contributed by atoms with Crippen LogP contribution in [0.15, 0.2) is 24.3 Å². The van der Waals surface area contributed by atoms with E-state index in [-0.39, 0.29) is 30.8 Å². The molecule has 0 spiro atoms. The molecular weight excluding hydrogens is 319 g/mol. The lowest BCUT2D eigenvalue weighted by atomic mass is 10.1. The van der Waals surface area contributed by atoms with Gasteiger partial charge in [0.25, 0.3) is 0 Å². The summed E-state index contributed by atoms with van der Waals surface area (Å²) in [4.78, 5) is 22.6. The first-order valence-electron chi connectivity index (χ1n) is 6.57. The molecular formula is C14H16F3NO5. The van der Waals surface area contributed by atoms with Gasteiger partial charge < -0.3 is 19.9 Å². The van der Waals surface area contributed by atoms with Gasteiger partial charge in [-0.1, -0.05) is 18.2 Å². The van der Waals surface area contributed by atoms with Crippen molar-refractivity contribution in [2.45, 2.75) is 25.2 Å². The first kappa shape index (κ1) is 18.8. The van der Waals surface area contributed by atoms with Crippen LogP contribution in [-0.4, -0.2) is 43.1 Å². The first-order chi connectivity index (χ1) is 10.7. The van der Waals surface area contributed by atoms with Crippen LogP contribution in [0.5, 0.6) is 5.75 Å². The molecule has 0 aromatic heterocycles. The molecule has 0 bridgehead atoms. The summed E-state index contributed by atoms with van der Waals surface area (Å²) in [5.41, 5.74) is 0.193. The Kier molecular flexibility index (Phi) is 6.83. The summed E-state index contributed by atoms with van der Waals surface area (Å²) in [5.74, 6) is -2.27. The number of nitrogens with one attached hydrogen (secondary N) is 1. The fourth-order valence-corrected chi connectivity index (χ4v) is 1.79. The van der Waals surface area contributed by atoms with Crippen molar-refractivity contribution in [1.82, 2.24) is 5.32 Å². The average Bonchev–Trinajstić information content (AvgIpc) is 2.44. The Labute approximate surface area is 130 Å². The van der Waals surface area contributed by atoms with Crippen LogP contribution in [0.1, 0.15) is 12.0 Å². The molecule has 0 saturated carbocycles. The fraction of sp³-hybridized carbons (Fsp3) is 0.429. The van der Waals surface area contributed by atoms with Gasteiger partial charge in [0.1, 0.15) is 5.75 Å². The van der Waals surface area contributed by atoms with Crippen molar-refractivity contribution in [3.63, 3.8) is 0 Å². The number of methoxy groups -OCH3 is 1. The number of carboxylic acids is 1. The number of aryl methyl sites for hydroxylation is 1. The third-order valence-corrected chi connectivity index (χ3v) is 2.79. The number of alkyl halides is 3. The van der Waals surface area contributed by atoms with Crippen LogP contribution >= 0.6 is 0 Å². The topological polar surface area (TPSA) is 84.9 Å². The molecule has 128 valence electrons. The zero-order chi connectivity index (χ0) is 17.5. The quantitative estimate of drug-likeness (QED) is 0.756. The number of halogens is 3. The van der Waals surface area contributed by atoms with E-state index in [4.69, 9.17) is 5.11 Å². The highest BCUT2D eigenvalue weighted by Crippen LogP contribution is 2.26. The van der Waals surface area contributed by atoms with Gasteiger partial charge in [-0.3, -0.25) is 4.79 Å². The summed E-state index contributed by atoms with van der Waals surface area (Å²) in [7, 11) is 1.28. The van der Waals surface area contributed by atoms with E-state index in [2.05, 4.69) is 14.8 Å². The number of rotatable bonds is 8. The maximum atomic E-state index is 12.3. The second-order valence-electron chi connectivity index (χ2n) is 4.57. The Balaban J connectivity index is 2.64. The Bertz CT molecular complexity index is 547. The predicted octanol–water partition coefficient (Wildman–Crippen LogP) is 1.73. The number of hydrogen-bond donors (Lipinski definition) is 2. The monoisotopic (exact) mass is 335 g/mol. The smallest absolute Gasteiger partial charge is 0.480 e.